The van der Waals surface area contributed by atoms with Crippen molar-refractivity contribution in [2.75, 3.05) is 19.6 Å². The van der Waals surface area contributed by atoms with E-state index in [9.17, 15) is 26.7 Å². The van der Waals surface area contributed by atoms with Crippen LogP contribution in [0.4, 0.5) is 22.0 Å². The van der Waals surface area contributed by atoms with Crippen molar-refractivity contribution >= 4 is 16.9 Å². The van der Waals surface area contributed by atoms with Crippen molar-refractivity contribution in [1.82, 2.24) is 24.1 Å². The number of amides is 1. The molecular weight excluding hydrogens is 663 g/mol. The number of carbonyl (C=O) groups excluding carboxylic acids is 1. The zero-order chi connectivity index (χ0) is 36.3. The summed E-state index contributed by atoms with van der Waals surface area (Å²) < 4.78 is 71.4. The number of pyridine rings is 1. The smallest absolute Gasteiger partial charge is 0.334 e. The standard InChI is InChI=1S/C39H41F5N6O/c1-3-47-20-18-31(19-21-47)49(23-26-8-10-27(11-9-26)28-12-15-30(16-13-28)39(42,43)44)36(51)25-50-32(17-14-29-6-5-7-34(40)37(29)41)22-35(45)33-24-48(4-2)46-38(33)50/h5-13,15-16,22,24,31,45H,3-4,14,17-21,23,25H2,1-2H3. The molecular formula is C39H41F5N6O. The van der Waals surface area contributed by atoms with Gasteiger partial charge >= 0.3 is 6.18 Å². The Balaban J connectivity index is 1.30. The molecule has 0 unspecified atom stereocenters. The van der Waals surface area contributed by atoms with E-state index in [1.54, 1.807) is 21.5 Å². The third-order valence-electron chi connectivity index (χ3n) is 9.86. The number of aryl methyl sites for hydroxylation is 3. The number of nitrogens with zero attached hydrogens (tertiary/aromatic N) is 5. The maximum Gasteiger partial charge on any atom is 0.416 e. The largest absolute Gasteiger partial charge is 0.416 e. The average Bonchev–Trinajstić information content (AvgIpc) is 3.58. The zero-order valence-electron chi connectivity index (χ0n) is 28.7. The van der Waals surface area contributed by atoms with Crippen molar-refractivity contribution < 1.29 is 26.7 Å². The van der Waals surface area contributed by atoms with Crippen molar-refractivity contribution in [2.24, 2.45) is 0 Å². The summed E-state index contributed by atoms with van der Waals surface area (Å²) in [5, 5.41) is 14.3. The first-order valence-corrected chi connectivity index (χ1v) is 17.3. The monoisotopic (exact) mass is 704 g/mol. The highest BCUT2D eigenvalue weighted by Gasteiger charge is 2.31. The molecule has 1 N–H and O–H groups in total. The van der Waals surface area contributed by atoms with E-state index < -0.39 is 23.4 Å². The summed E-state index contributed by atoms with van der Waals surface area (Å²) in [5.41, 5.74) is 2.91. The van der Waals surface area contributed by atoms with E-state index in [-0.39, 0.29) is 42.3 Å². The Kier molecular flexibility index (Phi) is 10.7. The third kappa shape index (κ3) is 8.06. The molecule has 3 heterocycles. The Labute approximate surface area is 293 Å². The van der Waals surface area contributed by atoms with Gasteiger partial charge in [0.25, 0.3) is 0 Å². The van der Waals surface area contributed by atoms with Crippen LogP contribution in [-0.2, 0) is 43.4 Å². The molecule has 0 atom stereocenters. The molecule has 0 spiro atoms. The van der Waals surface area contributed by atoms with Gasteiger partial charge in [0, 0.05) is 44.1 Å². The Morgan fingerprint density at radius 1 is 0.922 bits per heavy atom. The zero-order valence-corrected chi connectivity index (χ0v) is 28.7. The number of rotatable bonds is 11. The maximum absolute atomic E-state index is 14.6. The lowest BCUT2D eigenvalue weighted by molar-refractivity contribution is -0.137. The molecule has 7 nitrogen and oxygen atoms in total. The lowest BCUT2D eigenvalue weighted by Gasteiger charge is -2.38. The van der Waals surface area contributed by atoms with Gasteiger partial charge in [0.15, 0.2) is 17.3 Å². The number of halogens is 5. The van der Waals surface area contributed by atoms with Crippen molar-refractivity contribution in [3.63, 3.8) is 0 Å². The van der Waals surface area contributed by atoms with Crippen LogP contribution in [0.5, 0.6) is 0 Å². The van der Waals surface area contributed by atoms with Gasteiger partial charge in [-0.25, -0.2) is 8.78 Å². The second-order valence-electron chi connectivity index (χ2n) is 13.0. The quantitative estimate of drug-likeness (QED) is 0.144. The minimum Gasteiger partial charge on any atom is -0.334 e. The number of alkyl halides is 3. The molecule has 1 fully saturated rings. The first kappa shape index (κ1) is 36.0. The number of piperidine rings is 1. The highest BCUT2D eigenvalue weighted by Crippen LogP contribution is 2.31. The van der Waals surface area contributed by atoms with Gasteiger partial charge in [-0.1, -0.05) is 55.5 Å². The Hall–Kier alpha value is -4.84. The van der Waals surface area contributed by atoms with Crippen LogP contribution in [-0.4, -0.2) is 55.7 Å². The molecule has 0 aliphatic carbocycles. The normalized spacial score (nSPS) is 14.3. The molecule has 12 heteroatoms. The lowest BCUT2D eigenvalue weighted by atomic mass is 10.00. The minimum absolute atomic E-state index is 0.0283. The topological polar surface area (TPSA) is 70.2 Å². The molecule has 3 aromatic carbocycles. The molecule has 51 heavy (non-hydrogen) atoms. The summed E-state index contributed by atoms with van der Waals surface area (Å²) >= 11 is 0. The lowest BCUT2D eigenvalue weighted by Crippen LogP contribution is -2.48. The van der Waals surface area contributed by atoms with Crippen LogP contribution < -0.4 is 5.36 Å². The molecule has 6 rings (SSSR count). The fraction of sp³-hybridized carbons (Fsp3) is 0.359. The summed E-state index contributed by atoms with van der Waals surface area (Å²) in [7, 11) is 0. The van der Waals surface area contributed by atoms with Crippen molar-refractivity contribution in [3.05, 3.63) is 118 Å². The van der Waals surface area contributed by atoms with Gasteiger partial charge in [0.1, 0.15) is 6.54 Å². The van der Waals surface area contributed by atoms with Gasteiger partial charge in [0.05, 0.1) is 16.3 Å². The van der Waals surface area contributed by atoms with E-state index in [0.717, 1.165) is 61.8 Å². The number of aromatic nitrogens is 3. The molecule has 2 aromatic heterocycles. The van der Waals surface area contributed by atoms with Crippen molar-refractivity contribution in [3.8, 4) is 11.1 Å². The highest BCUT2D eigenvalue weighted by molar-refractivity contribution is 5.80. The van der Waals surface area contributed by atoms with Gasteiger partial charge in [-0.2, -0.15) is 18.3 Å². The minimum atomic E-state index is -4.41. The van der Waals surface area contributed by atoms with E-state index >= 15 is 0 Å². The van der Waals surface area contributed by atoms with Crippen LogP contribution >= 0.6 is 0 Å². The fourth-order valence-electron chi connectivity index (χ4n) is 6.85. The van der Waals surface area contributed by atoms with Crippen LogP contribution in [0.1, 0.15) is 49.1 Å². The van der Waals surface area contributed by atoms with Gasteiger partial charge in [-0.15, -0.1) is 0 Å². The molecule has 0 radical (unpaired) electrons. The predicted octanol–water partition coefficient (Wildman–Crippen LogP) is 7.60. The van der Waals surface area contributed by atoms with E-state index in [1.165, 1.54) is 24.3 Å². The van der Waals surface area contributed by atoms with Gasteiger partial charge < -0.3 is 19.8 Å². The molecule has 1 aliphatic rings. The molecule has 5 aromatic rings. The predicted molar refractivity (Wildman–Crippen MR) is 186 cm³/mol. The molecule has 1 amide bonds. The third-order valence-corrected chi connectivity index (χ3v) is 9.86. The SMILES string of the molecule is CCN1CCC(N(Cc2ccc(-c3ccc(C(F)(F)F)cc3)cc2)C(=O)Cn2c(CCc3cccc(F)c3F)cc(=N)c3cn(CC)nc32)CC1. The van der Waals surface area contributed by atoms with E-state index in [2.05, 4.69) is 11.8 Å². The number of hydrogen-bond acceptors (Lipinski definition) is 4. The molecule has 1 aliphatic heterocycles. The molecule has 0 saturated carbocycles. The number of likely N-dealkylation sites (tertiary alicyclic amines) is 1. The maximum atomic E-state index is 14.6. The van der Waals surface area contributed by atoms with Gasteiger partial charge in [0.2, 0.25) is 5.91 Å². The summed E-state index contributed by atoms with van der Waals surface area (Å²) in [5.74, 6) is -1.97. The van der Waals surface area contributed by atoms with Gasteiger partial charge in [-0.3, -0.25) is 9.48 Å². The van der Waals surface area contributed by atoms with Gasteiger partial charge in [-0.05, 0) is 85.7 Å². The molecule has 268 valence electrons. The van der Waals surface area contributed by atoms with E-state index in [4.69, 9.17) is 10.5 Å². The van der Waals surface area contributed by atoms with Crippen molar-refractivity contribution in [1.29, 1.82) is 5.41 Å². The van der Waals surface area contributed by atoms with Crippen molar-refractivity contribution in [2.45, 2.75) is 71.4 Å². The summed E-state index contributed by atoms with van der Waals surface area (Å²) in [6, 6.07) is 18.3. The average molecular weight is 705 g/mol. The Bertz CT molecular complexity index is 2040. The number of benzene rings is 3. The number of hydrogen-bond donors (Lipinski definition) is 1. The van der Waals surface area contributed by atoms with Crippen LogP contribution in [0.25, 0.3) is 22.2 Å². The van der Waals surface area contributed by atoms with E-state index in [1.807, 2.05) is 36.1 Å². The highest BCUT2D eigenvalue weighted by atomic mass is 19.4. The van der Waals surface area contributed by atoms with Crippen LogP contribution in [0.15, 0.2) is 79.0 Å². The first-order chi connectivity index (χ1) is 24.4. The number of fused-ring (bicyclic) bond motifs is 1. The summed E-state index contributed by atoms with van der Waals surface area (Å²) in [4.78, 5) is 18.8. The van der Waals surface area contributed by atoms with E-state index in [0.29, 0.717) is 35.4 Å². The second kappa shape index (κ2) is 15.2. The number of carbonyl (C=O) groups is 1. The molecule has 1 saturated heterocycles. The van der Waals surface area contributed by atoms with Crippen LogP contribution in [0.2, 0.25) is 0 Å². The number of nitrogens with one attached hydrogen (secondary N) is 1. The second-order valence-corrected chi connectivity index (χ2v) is 13.0. The fourth-order valence-corrected chi connectivity index (χ4v) is 6.85. The van der Waals surface area contributed by atoms with Crippen LogP contribution in [0.3, 0.4) is 0 Å². The summed E-state index contributed by atoms with van der Waals surface area (Å²) in [6.07, 6.45) is -0.604. The summed E-state index contributed by atoms with van der Waals surface area (Å²) in [6.45, 7) is 7.53. The Morgan fingerprint density at radius 3 is 2.22 bits per heavy atom. The first-order valence-electron chi connectivity index (χ1n) is 17.3. The Morgan fingerprint density at radius 2 is 1.59 bits per heavy atom. The van der Waals surface area contributed by atoms with Crippen LogP contribution in [0, 0.1) is 17.0 Å². The molecule has 0 bridgehead atoms.